The molecule has 1 N–H and O–H groups in total. The number of nitrogens with zero attached hydrogens (tertiary/aromatic N) is 2. The summed E-state index contributed by atoms with van der Waals surface area (Å²) in [6.07, 6.45) is 4.28. The van der Waals surface area contributed by atoms with Gasteiger partial charge in [0.1, 0.15) is 5.41 Å². The van der Waals surface area contributed by atoms with Gasteiger partial charge in [-0.25, -0.2) is 0 Å². The third-order valence-electron chi connectivity index (χ3n) is 6.09. The van der Waals surface area contributed by atoms with Crippen molar-refractivity contribution in [3.8, 4) is 6.07 Å². The molecule has 0 saturated heterocycles. The second-order valence-electron chi connectivity index (χ2n) is 7.77. The number of amides is 1. The Balaban J connectivity index is 1.53. The molecule has 146 valence electrons. The second-order valence-corrected chi connectivity index (χ2v) is 9.20. The van der Waals surface area contributed by atoms with Crippen LogP contribution in [0.5, 0.6) is 0 Å². The van der Waals surface area contributed by atoms with Gasteiger partial charge >= 0.3 is 0 Å². The zero-order chi connectivity index (χ0) is 19.6. The maximum absolute atomic E-state index is 12.9. The molecule has 1 aromatic heterocycles. The van der Waals surface area contributed by atoms with E-state index in [1.54, 1.807) is 0 Å². The summed E-state index contributed by atoms with van der Waals surface area (Å²) in [5, 5.41) is 15.6. The van der Waals surface area contributed by atoms with E-state index in [-0.39, 0.29) is 11.9 Å². The van der Waals surface area contributed by atoms with Gasteiger partial charge in [0.15, 0.2) is 0 Å². The molecule has 6 heteroatoms. The van der Waals surface area contributed by atoms with Gasteiger partial charge in [0.05, 0.1) is 12.1 Å². The monoisotopic (exact) mass is 413 g/mol. The van der Waals surface area contributed by atoms with Crippen molar-refractivity contribution in [3.05, 3.63) is 56.7 Å². The molecule has 1 aromatic carbocycles. The molecular weight excluding hydrogens is 390 g/mol. The fourth-order valence-corrected chi connectivity index (χ4v) is 5.42. The van der Waals surface area contributed by atoms with E-state index in [0.717, 1.165) is 37.9 Å². The van der Waals surface area contributed by atoms with Gasteiger partial charge in [0, 0.05) is 29.5 Å². The van der Waals surface area contributed by atoms with Crippen LogP contribution >= 0.6 is 22.9 Å². The van der Waals surface area contributed by atoms with Crippen molar-refractivity contribution >= 4 is 28.8 Å². The van der Waals surface area contributed by atoms with E-state index >= 15 is 0 Å². The smallest absolute Gasteiger partial charge is 0.240 e. The van der Waals surface area contributed by atoms with Crippen molar-refractivity contribution in [2.45, 2.75) is 44.7 Å². The van der Waals surface area contributed by atoms with E-state index in [2.05, 4.69) is 27.7 Å². The minimum Gasteiger partial charge on any atom is -0.353 e. The van der Waals surface area contributed by atoms with Gasteiger partial charge in [-0.3, -0.25) is 9.69 Å². The van der Waals surface area contributed by atoms with Gasteiger partial charge in [-0.15, -0.1) is 11.3 Å². The average molecular weight is 414 g/mol. The number of fused-ring (bicyclic) bond motifs is 1. The summed E-state index contributed by atoms with van der Waals surface area (Å²) in [5.74, 6) is -0.111. The Hall–Kier alpha value is -1.87. The summed E-state index contributed by atoms with van der Waals surface area (Å²) in [6.45, 7) is 2.34. The predicted molar refractivity (Wildman–Crippen MR) is 112 cm³/mol. The van der Waals surface area contributed by atoms with Gasteiger partial charge in [-0.05, 0) is 54.0 Å². The van der Waals surface area contributed by atoms with E-state index in [0.29, 0.717) is 24.4 Å². The van der Waals surface area contributed by atoms with Crippen molar-refractivity contribution in [2.24, 2.45) is 5.41 Å². The van der Waals surface area contributed by atoms with Crippen LogP contribution < -0.4 is 5.32 Å². The lowest BCUT2D eigenvalue weighted by Crippen LogP contribution is -2.44. The maximum Gasteiger partial charge on any atom is 0.240 e. The molecule has 0 bridgehead atoms. The molecule has 2 aromatic rings. The summed E-state index contributed by atoms with van der Waals surface area (Å²) in [4.78, 5) is 16.7. The number of nitrogens with one attached hydrogen (secondary N) is 1. The van der Waals surface area contributed by atoms with Crippen LogP contribution in [0.25, 0.3) is 0 Å². The van der Waals surface area contributed by atoms with Crippen molar-refractivity contribution in [2.75, 3.05) is 13.1 Å². The number of halogens is 1. The predicted octanol–water partition coefficient (Wildman–Crippen LogP) is 4.70. The number of carbonyl (C=O) groups excluding carboxylic acids is 1. The van der Waals surface area contributed by atoms with Gasteiger partial charge in [0.25, 0.3) is 0 Å². The summed E-state index contributed by atoms with van der Waals surface area (Å²) in [6, 6.07) is 12.4. The number of carbonyl (C=O) groups is 1. The van der Waals surface area contributed by atoms with E-state index < -0.39 is 5.41 Å². The molecule has 1 fully saturated rings. The fourth-order valence-electron chi connectivity index (χ4n) is 4.41. The molecule has 4 nitrogen and oxygen atoms in total. The van der Waals surface area contributed by atoms with Crippen molar-refractivity contribution in [1.82, 2.24) is 10.2 Å². The molecule has 1 atom stereocenters. The van der Waals surface area contributed by atoms with Crippen LogP contribution in [0.4, 0.5) is 0 Å². The summed E-state index contributed by atoms with van der Waals surface area (Å²) < 4.78 is 0. The van der Waals surface area contributed by atoms with Crippen LogP contribution in [0.1, 0.15) is 47.7 Å². The standard InChI is InChI=1S/C22H24ClN3OS/c23-18-5-3-16(4-6-18)19(26-11-7-20-17(14-26)8-12-28-20)13-25-21(27)22(15-24)9-1-2-10-22/h3-6,8,12,19H,1-2,7,9-11,13-14H2,(H,25,27). The molecule has 0 radical (unpaired) electrons. The van der Waals surface area contributed by atoms with Crippen LogP contribution in [-0.2, 0) is 17.8 Å². The zero-order valence-corrected chi connectivity index (χ0v) is 17.4. The van der Waals surface area contributed by atoms with Crippen LogP contribution in [0.3, 0.4) is 0 Å². The summed E-state index contributed by atoms with van der Waals surface area (Å²) >= 11 is 7.91. The topological polar surface area (TPSA) is 56.1 Å². The summed E-state index contributed by atoms with van der Waals surface area (Å²) in [5.41, 5.74) is 1.68. The Kier molecular flexibility index (Phi) is 5.73. The number of thiophene rings is 1. The highest BCUT2D eigenvalue weighted by Gasteiger charge is 2.41. The van der Waals surface area contributed by atoms with Gasteiger partial charge in [0.2, 0.25) is 5.91 Å². The SMILES string of the molecule is N#CC1(C(=O)NCC(c2ccc(Cl)cc2)N2CCc3sccc3C2)CCCC1. The lowest BCUT2D eigenvalue weighted by molar-refractivity contribution is -0.128. The number of hydrogen-bond donors (Lipinski definition) is 1. The van der Waals surface area contributed by atoms with E-state index in [4.69, 9.17) is 11.6 Å². The summed E-state index contributed by atoms with van der Waals surface area (Å²) in [7, 11) is 0. The normalized spacial score (nSPS) is 19.6. The minimum atomic E-state index is -0.840. The van der Waals surface area contributed by atoms with Crippen LogP contribution in [0, 0.1) is 16.7 Å². The first-order chi connectivity index (χ1) is 13.6. The number of hydrogen-bond acceptors (Lipinski definition) is 4. The number of rotatable bonds is 5. The third-order valence-corrected chi connectivity index (χ3v) is 7.37. The Bertz CT molecular complexity index is 880. The molecule has 1 aliphatic heterocycles. The highest BCUT2D eigenvalue weighted by molar-refractivity contribution is 7.10. The Morgan fingerprint density at radius 2 is 2.04 bits per heavy atom. The van der Waals surface area contributed by atoms with E-state index in [9.17, 15) is 10.1 Å². The van der Waals surface area contributed by atoms with Crippen LogP contribution in [0.2, 0.25) is 5.02 Å². The van der Waals surface area contributed by atoms with Gasteiger partial charge in [-0.1, -0.05) is 36.6 Å². The molecule has 2 heterocycles. The average Bonchev–Trinajstić information content (AvgIpc) is 3.39. The maximum atomic E-state index is 12.9. The highest BCUT2D eigenvalue weighted by Crippen LogP contribution is 2.38. The largest absolute Gasteiger partial charge is 0.353 e. The van der Waals surface area contributed by atoms with Crippen molar-refractivity contribution in [3.63, 3.8) is 0 Å². The third kappa shape index (κ3) is 3.82. The molecule has 1 saturated carbocycles. The zero-order valence-electron chi connectivity index (χ0n) is 15.8. The first kappa shape index (κ1) is 19.4. The first-order valence-electron chi connectivity index (χ1n) is 9.86. The van der Waals surface area contributed by atoms with E-state index in [1.165, 1.54) is 10.4 Å². The Morgan fingerprint density at radius 3 is 2.75 bits per heavy atom. The van der Waals surface area contributed by atoms with E-state index in [1.807, 2.05) is 35.6 Å². The molecule has 2 aliphatic rings. The Morgan fingerprint density at radius 1 is 1.29 bits per heavy atom. The molecule has 1 aliphatic carbocycles. The lowest BCUT2D eigenvalue weighted by Gasteiger charge is -2.35. The molecule has 1 amide bonds. The lowest BCUT2D eigenvalue weighted by atomic mass is 9.87. The van der Waals surface area contributed by atoms with Gasteiger partial charge in [-0.2, -0.15) is 5.26 Å². The Labute approximate surface area is 175 Å². The molecule has 28 heavy (non-hydrogen) atoms. The molecule has 0 spiro atoms. The molecule has 4 rings (SSSR count). The van der Waals surface area contributed by atoms with Crippen LogP contribution in [-0.4, -0.2) is 23.9 Å². The highest BCUT2D eigenvalue weighted by atomic mass is 35.5. The van der Waals surface area contributed by atoms with Gasteiger partial charge < -0.3 is 5.32 Å². The van der Waals surface area contributed by atoms with Crippen molar-refractivity contribution < 1.29 is 4.79 Å². The van der Waals surface area contributed by atoms with Crippen molar-refractivity contribution in [1.29, 1.82) is 5.26 Å². The fraction of sp³-hybridized carbons (Fsp3) is 0.455. The minimum absolute atomic E-state index is 0.0615. The van der Waals surface area contributed by atoms with Crippen LogP contribution in [0.15, 0.2) is 35.7 Å². The first-order valence-corrected chi connectivity index (χ1v) is 11.1. The quantitative estimate of drug-likeness (QED) is 0.772. The number of nitriles is 1. The molecule has 1 unspecified atom stereocenters. The number of benzene rings is 1. The molecular formula is C22H24ClN3OS. The second kappa shape index (κ2) is 8.24.